The molecule has 0 bridgehead atoms. The van der Waals surface area contributed by atoms with Crippen LogP contribution in [0, 0.1) is 13.8 Å². The number of benzene rings is 1. The highest BCUT2D eigenvalue weighted by Gasteiger charge is 2.13. The van der Waals surface area contributed by atoms with Gasteiger partial charge in [0.15, 0.2) is 5.96 Å². The summed E-state index contributed by atoms with van der Waals surface area (Å²) in [4.78, 5) is 6.78. The quantitative estimate of drug-likeness (QED) is 0.438. The predicted molar refractivity (Wildman–Crippen MR) is 113 cm³/mol. The van der Waals surface area contributed by atoms with Crippen LogP contribution in [0.2, 0.25) is 0 Å². The average molecular weight is 457 g/mol. The van der Waals surface area contributed by atoms with Gasteiger partial charge in [0.05, 0.1) is 17.9 Å². The minimum Gasteiger partial charge on any atom is -0.370 e. The molecular formula is C17H24IN5S. The summed E-state index contributed by atoms with van der Waals surface area (Å²) >= 11 is 1.97. The van der Waals surface area contributed by atoms with E-state index in [0.29, 0.717) is 12.5 Å². The summed E-state index contributed by atoms with van der Waals surface area (Å²) in [5.74, 6) is 2.89. The monoisotopic (exact) mass is 457 g/mol. The molecule has 130 valence electrons. The summed E-state index contributed by atoms with van der Waals surface area (Å²) in [6, 6.07) is 10.3. The van der Waals surface area contributed by atoms with E-state index in [4.69, 9.17) is 5.73 Å². The van der Waals surface area contributed by atoms with E-state index in [1.54, 1.807) is 0 Å². The molecule has 0 aliphatic carbocycles. The Labute approximate surface area is 164 Å². The van der Waals surface area contributed by atoms with Crippen molar-refractivity contribution in [2.75, 3.05) is 24.6 Å². The van der Waals surface area contributed by atoms with Crippen molar-refractivity contribution in [3.05, 3.63) is 47.3 Å². The van der Waals surface area contributed by atoms with Crippen molar-refractivity contribution in [3.8, 4) is 5.69 Å². The van der Waals surface area contributed by atoms with Crippen molar-refractivity contribution < 1.29 is 0 Å². The van der Waals surface area contributed by atoms with Gasteiger partial charge < -0.3 is 10.6 Å². The number of aromatic nitrogens is 2. The lowest BCUT2D eigenvalue weighted by atomic mass is 10.2. The molecule has 1 saturated heterocycles. The Morgan fingerprint density at radius 2 is 1.96 bits per heavy atom. The second-order valence-electron chi connectivity index (χ2n) is 5.74. The van der Waals surface area contributed by atoms with Crippen LogP contribution in [0.5, 0.6) is 0 Å². The average Bonchev–Trinajstić information content (AvgIpc) is 2.92. The third-order valence-electron chi connectivity index (χ3n) is 3.98. The summed E-state index contributed by atoms with van der Waals surface area (Å²) in [5, 5.41) is 4.58. The van der Waals surface area contributed by atoms with Gasteiger partial charge in [-0.15, -0.1) is 24.0 Å². The smallest absolute Gasteiger partial charge is 0.191 e. The number of nitrogens with two attached hydrogens (primary N) is 1. The van der Waals surface area contributed by atoms with E-state index in [1.807, 2.05) is 35.5 Å². The molecule has 1 aliphatic rings. The molecule has 2 N–H and O–H groups in total. The molecule has 2 heterocycles. The van der Waals surface area contributed by atoms with Crippen molar-refractivity contribution in [2.45, 2.75) is 20.4 Å². The van der Waals surface area contributed by atoms with E-state index in [-0.39, 0.29) is 24.0 Å². The van der Waals surface area contributed by atoms with Crippen molar-refractivity contribution in [2.24, 2.45) is 10.7 Å². The molecular weight excluding hydrogens is 433 g/mol. The first-order chi connectivity index (χ1) is 11.1. The second-order valence-corrected chi connectivity index (χ2v) is 6.97. The standard InChI is InChI=1S/C17H23N5S.HI/c1-13-11-14(2)22(20-13)16-6-4-3-5-15(16)12-19-17(18)21-7-9-23-10-8-21;/h3-6,11H,7-10,12H2,1-2H3,(H2,18,19);1H. The van der Waals surface area contributed by atoms with Crippen LogP contribution in [0.1, 0.15) is 17.0 Å². The minimum atomic E-state index is 0. The SMILES string of the molecule is Cc1cc(C)n(-c2ccccc2CN=C(N)N2CCSCC2)n1.I. The molecule has 0 radical (unpaired) electrons. The number of guanidine groups is 1. The zero-order chi connectivity index (χ0) is 16.2. The van der Waals surface area contributed by atoms with Crippen LogP contribution >= 0.6 is 35.7 Å². The van der Waals surface area contributed by atoms with Gasteiger partial charge in [-0.3, -0.25) is 0 Å². The number of nitrogens with zero attached hydrogens (tertiary/aromatic N) is 4. The van der Waals surface area contributed by atoms with Gasteiger partial charge in [0, 0.05) is 30.3 Å². The molecule has 2 aromatic rings. The zero-order valence-corrected chi connectivity index (χ0v) is 17.3. The van der Waals surface area contributed by atoms with E-state index >= 15 is 0 Å². The van der Waals surface area contributed by atoms with Gasteiger partial charge in [0.25, 0.3) is 0 Å². The molecule has 0 amide bonds. The highest BCUT2D eigenvalue weighted by Crippen LogP contribution is 2.18. The summed E-state index contributed by atoms with van der Waals surface area (Å²) in [5.41, 5.74) is 10.5. The number of hydrogen-bond acceptors (Lipinski definition) is 3. The van der Waals surface area contributed by atoms with Gasteiger partial charge in [-0.05, 0) is 31.5 Å². The lowest BCUT2D eigenvalue weighted by Gasteiger charge is -2.27. The molecule has 5 nitrogen and oxygen atoms in total. The molecule has 3 rings (SSSR count). The van der Waals surface area contributed by atoms with Crippen LogP contribution in [0.25, 0.3) is 5.69 Å². The fourth-order valence-electron chi connectivity index (χ4n) is 2.78. The molecule has 1 aromatic heterocycles. The molecule has 0 spiro atoms. The van der Waals surface area contributed by atoms with E-state index in [1.165, 1.54) is 0 Å². The molecule has 7 heteroatoms. The number of hydrogen-bond donors (Lipinski definition) is 1. The topological polar surface area (TPSA) is 59.4 Å². The first-order valence-electron chi connectivity index (χ1n) is 7.89. The van der Waals surface area contributed by atoms with Gasteiger partial charge in [-0.25, -0.2) is 9.67 Å². The number of rotatable bonds is 3. The van der Waals surface area contributed by atoms with Crippen LogP contribution in [-0.2, 0) is 6.54 Å². The van der Waals surface area contributed by atoms with Crippen LogP contribution in [0.3, 0.4) is 0 Å². The van der Waals surface area contributed by atoms with Crippen molar-refractivity contribution in [1.82, 2.24) is 14.7 Å². The Morgan fingerprint density at radius 3 is 2.62 bits per heavy atom. The maximum Gasteiger partial charge on any atom is 0.191 e. The third-order valence-corrected chi connectivity index (χ3v) is 4.92. The number of halogens is 1. The zero-order valence-electron chi connectivity index (χ0n) is 14.1. The second kappa shape index (κ2) is 8.75. The van der Waals surface area contributed by atoms with Gasteiger partial charge in [0.1, 0.15) is 0 Å². The Bertz CT molecular complexity index is 707. The Morgan fingerprint density at radius 1 is 1.25 bits per heavy atom. The molecule has 0 unspecified atom stereocenters. The van der Waals surface area contributed by atoms with Gasteiger partial charge in [-0.1, -0.05) is 18.2 Å². The Hall–Kier alpha value is -1.22. The lowest BCUT2D eigenvalue weighted by Crippen LogP contribution is -2.42. The van der Waals surface area contributed by atoms with E-state index in [0.717, 1.165) is 47.2 Å². The predicted octanol–water partition coefficient (Wildman–Crippen LogP) is 2.97. The number of aliphatic imine (C=N–C) groups is 1. The van der Waals surface area contributed by atoms with Crippen molar-refractivity contribution in [1.29, 1.82) is 0 Å². The maximum absolute atomic E-state index is 6.16. The number of para-hydroxylation sites is 1. The van der Waals surface area contributed by atoms with Gasteiger partial charge >= 0.3 is 0 Å². The van der Waals surface area contributed by atoms with E-state index < -0.39 is 0 Å². The minimum absolute atomic E-state index is 0. The first-order valence-corrected chi connectivity index (χ1v) is 9.05. The van der Waals surface area contributed by atoms with Crippen molar-refractivity contribution in [3.63, 3.8) is 0 Å². The van der Waals surface area contributed by atoms with Crippen LogP contribution in [-0.4, -0.2) is 45.2 Å². The fraction of sp³-hybridized carbons (Fsp3) is 0.412. The number of aryl methyl sites for hydroxylation is 2. The van der Waals surface area contributed by atoms with Crippen LogP contribution < -0.4 is 5.73 Å². The normalized spacial score (nSPS) is 15.2. The largest absolute Gasteiger partial charge is 0.370 e. The number of thioether (sulfide) groups is 1. The summed E-state index contributed by atoms with van der Waals surface area (Å²) in [7, 11) is 0. The molecule has 1 aliphatic heterocycles. The molecule has 24 heavy (non-hydrogen) atoms. The summed E-state index contributed by atoms with van der Waals surface area (Å²) in [6.45, 7) is 6.62. The third kappa shape index (κ3) is 4.44. The Kier molecular flexibility index (Phi) is 6.97. The highest BCUT2D eigenvalue weighted by molar-refractivity contribution is 14.0. The Balaban J connectivity index is 0.00000208. The van der Waals surface area contributed by atoms with Gasteiger partial charge in [0.2, 0.25) is 0 Å². The molecule has 0 saturated carbocycles. The van der Waals surface area contributed by atoms with E-state index in [2.05, 4.69) is 40.1 Å². The molecule has 1 aromatic carbocycles. The highest BCUT2D eigenvalue weighted by atomic mass is 127. The molecule has 0 atom stereocenters. The molecule has 1 fully saturated rings. The van der Waals surface area contributed by atoms with Crippen LogP contribution in [0.4, 0.5) is 0 Å². The fourth-order valence-corrected chi connectivity index (χ4v) is 3.69. The summed E-state index contributed by atoms with van der Waals surface area (Å²) in [6.07, 6.45) is 0. The lowest BCUT2D eigenvalue weighted by molar-refractivity contribution is 0.455. The maximum atomic E-state index is 6.16. The van der Waals surface area contributed by atoms with Crippen LogP contribution in [0.15, 0.2) is 35.3 Å². The summed E-state index contributed by atoms with van der Waals surface area (Å²) < 4.78 is 1.98. The first kappa shape index (κ1) is 19.1. The van der Waals surface area contributed by atoms with Crippen molar-refractivity contribution >= 4 is 41.7 Å². The van der Waals surface area contributed by atoms with Gasteiger partial charge in [-0.2, -0.15) is 16.9 Å². The van der Waals surface area contributed by atoms with E-state index in [9.17, 15) is 0 Å².